The van der Waals surface area contributed by atoms with Crippen LogP contribution in [0.1, 0.15) is 49.0 Å². The van der Waals surface area contributed by atoms with Gasteiger partial charge in [-0.1, -0.05) is 17.3 Å². The molecule has 0 saturated carbocycles. The number of hydrogen-bond acceptors (Lipinski definition) is 9. The van der Waals surface area contributed by atoms with Gasteiger partial charge in [-0.3, -0.25) is 9.78 Å². The van der Waals surface area contributed by atoms with Crippen molar-refractivity contribution in [2.45, 2.75) is 45.2 Å². The van der Waals surface area contributed by atoms with Gasteiger partial charge in [0.15, 0.2) is 5.78 Å². The van der Waals surface area contributed by atoms with E-state index >= 15 is 0 Å². The molecule has 5 rings (SSSR count). The van der Waals surface area contributed by atoms with Crippen LogP contribution in [0.4, 0.5) is 10.2 Å². The first-order valence-electron chi connectivity index (χ1n) is 12.6. The number of nitrogens with zero attached hydrogens (tertiary/aromatic N) is 8. The number of piperidine rings is 1. The zero-order valence-corrected chi connectivity index (χ0v) is 21.0. The van der Waals surface area contributed by atoms with Gasteiger partial charge in [0.2, 0.25) is 0 Å². The summed E-state index contributed by atoms with van der Waals surface area (Å²) in [6.07, 6.45) is 8.57. The molecule has 1 saturated heterocycles. The van der Waals surface area contributed by atoms with E-state index in [9.17, 15) is 9.18 Å². The molecule has 0 amide bonds. The van der Waals surface area contributed by atoms with Crippen LogP contribution in [0.15, 0.2) is 43.0 Å². The Hall–Kier alpha value is -3.86. The van der Waals surface area contributed by atoms with E-state index in [1.807, 2.05) is 32.0 Å². The number of carbonyl (C=O) groups excluding carboxylic acids is 1. The van der Waals surface area contributed by atoms with E-state index in [-0.39, 0.29) is 31.0 Å². The molecule has 1 aliphatic rings. The van der Waals surface area contributed by atoms with E-state index in [0.717, 1.165) is 48.1 Å². The number of hydrogen-bond donors (Lipinski definition) is 1. The molecule has 0 spiro atoms. The Balaban J connectivity index is 1.28. The third kappa shape index (κ3) is 5.93. The Bertz CT molecular complexity index is 1380. The van der Waals surface area contributed by atoms with Gasteiger partial charge in [0, 0.05) is 42.8 Å². The molecule has 10 nitrogen and oxygen atoms in total. The first kappa shape index (κ1) is 24.8. The van der Waals surface area contributed by atoms with Gasteiger partial charge in [0.1, 0.15) is 24.0 Å². The smallest absolute Gasteiger partial charge is 0.192 e. The molecule has 4 aromatic rings. The second kappa shape index (κ2) is 11.0. The largest absolute Gasteiger partial charge is 0.367 e. The molecule has 0 unspecified atom stereocenters. The Morgan fingerprint density at radius 1 is 1.16 bits per heavy atom. The van der Waals surface area contributed by atoms with Crippen molar-refractivity contribution in [1.82, 2.24) is 39.8 Å². The van der Waals surface area contributed by atoms with Crippen LogP contribution < -0.4 is 5.32 Å². The van der Waals surface area contributed by atoms with Gasteiger partial charge in [-0.2, -0.15) is 0 Å². The predicted octanol–water partition coefficient (Wildman–Crippen LogP) is 3.53. The van der Waals surface area contributed by atoms with E-state index in [2.05, 4.69) is 40.5 Å². The van der Waals surface area contributed by atoms with Crippen molar-refractivity contribution in [2.75, 3.05) is 31.6 Å². The summed E-state index contributed by atoms with van der Waals surface area (Å²) in [7, 11) is 0. The van der Waals surface area contributed by atoms with E-state index in [0.29, 0.717) is 23.9 Å². The van der Waals surface area contributed by atoms with Crippen molar-refractivity contribution in [3.05, 3.63) is 54.5 Å². The second-order valence-corrected chi connectivity index (χ2v) is 9.59. The Morgan fingerprint density at radius 3 is 2.78 bits per heavy atom. The van der Waals surface area contributed by atoms with E-state index < -0.39 is 0 Å². The molecule has 192 valence electrons. The summed E-state index contributed by atoms with van der Waals surface area (Å²) in [5, 5.41) is 12.4. The maximum absolute atomic E-state index is 12.9. The van der Waals surface area contributed by atoms with Gasteiger partial charge in [0.25, 0.3) is 0 Å². The number of alkyl halides is 1. The molecule has 37 heavy (non-hydrogen) atoms. The number of likely N-dealkylation sites (tertiary alicyclic amines) is 1. The lowest BCUT2D eigenvalue weighted by molar-refractivity contribution is 0.0986. The molecular weight excluding hydrogens is 473 g/mol. The number of Topliss-reactive ketones (excluding diaryl/α,β-unsaturated/α-hetero) is 1. The van der Waals surface area contributed by atoms with Crippen LogP contribution in [0.5, 0.6) is 0 Å². The van der Waals surface area contributed by atoms with E-state index in [1.165, 1.54) is 0 Å². The molecule has 1 N–H and O–H groups in total. The van der Waals surface area contributed by atoms with Crippen molar-refractivity contribution in [1.29, 1.82) is 0 Å². The number of fused-ring (bicyclic) bond motifs is 1. The second-order valence-electron chi connectivity index (χ2n) is 9.59. The number of benzene rings is 1. The molecule has 1 fully saturated rings. The average molecular weight is 504 g/mol. The van der Waals surface area contributed by atoms with E-state index in [1.54, 1.807) is 29.5 Å². The lowest BCUT2D eigenvalue weighted by Gasteiger charge is -2.30. The molecule has 0 atom stereocenters. The molecule has 11 heteroatoms. The van der Waals surface area contributed by atoms with Gasteiger partial charge in [-0.15, -0.1) is 5.10 Å². The summed E-state index contributed by atoms with van der Waals surface area (Å²) in [4.78, 5) is 33.0. The van der Waals surface area contributed by atoms with Crippen molar-refractivity contribution in [2.24, 2.45) is 0 Å². The SMILES string of the molecule is CC(C)Nc1cncc(-c2ccc3cnc(CC(=O)c4cn(C5CCN(CCF)CC5)nn4)nc3c2)n1. The van der Waals surface area contributed by atoms with Crippen LogP contribution >= 0.6 is 0 Å². The molecule has 3 aromatic heterocycles. The summed E-state index contributed by atoms with van der Waals surface area (Å²) < 4.78 is 14.3. The lowest BCUT2D eigenvalue weighted by atomic mass is 10.1. The van der Waals surface area contributed by atoms with Gasteiger partial charge in [0.05, 0.1) is 42.3 Å². The third-order valence-corrected chi connectivity index (χ3v) is 6.45. The molecule has 0 aliphatic carbocycles. The van der Waals surface area contributed by atoms with Crippen LogP contribution in [0.25, 0.3) is 22.2 Å². The van der Waals surface area contributed by atoms with Gasteiger partial charge in [-0.25, -0.2) is 24.0 Å². The van der Waals surface area contributed by atoms with Crippen molar-refractivity contribution in [3.8, 4) is 11.3 Å². The van der Waals surface area contributed by atoms with Crippen LogP contribution in [0.3, 0.4) is 0 Å². The van der Waals surface area contributed by atoms with Gasteiger partial charge < -0.3 is 10.2 Å². The Labute approximate surface area is 214 Å². The molecule has 0 radical (unpaired) electrons. The Kier molecular flexibility index (Phi) is 7.40. The molecule has 0 bridgehead atoms. The number of rotatable bonds is 9. The van der Waals surface area contributed by atoms with Crippen LogP contribution in [0.2, 0.25) is 0 Å². The standard InChI is InChI=1S/C26H30FN9O/c1-17(2)30-26-15-28-14-22(32-26)18-3-4-19-13-29-25(31-21(19)11-18)12-24(37)23-16-36(34-33-23)20-5-8-35(9-6-20)10-7-27/h3-4,11,13-17,20H,5-10,12H2,1-2H3,(H,30,32). The highest BCUT2D eigenvalue weighted by Gasteiger charge is 2.23. The first-order chi connectivity index (χ1) is 18.0. The molecule has 1 aromatic carbocycles. The number of ketones is 1. The fraction of sp³-hybridized carbons (Fsp3) is 0.423. The third-order valence-electron chi connectivity index (χ3n) is 6.45. The Morgan fingerprint density at radius 2 is 2.00 bits per heavy atom. The highest BCUT2D eigenvalue weighted by molar-refractivity contribution is 5.95. The first-order valence-corrected chi connectivity index (χ1v) is 12.6. The number of carbonyl (C=O) groups is 1. The summed E-state index contributed by atoms with van der Waals surface area (Å²) >= 11 is 0. The molecule has 1 aliphatic heterocycles. The van der Waals surface area contributed by atoms with Gasteiger partial charge >= 0.3 is 0 Å². The topological polar surface area (TPSA) is 115 Å². The highest BCUT2D eigenvalue weighted by atomic mass is 19.1. The maximum Gasteiger partial charge on any atom is 0.192 e. The maximum atomic E-state index is 12.9. The highest BCUT2D eigenvalue weighted by Crippen LogP contribution is 2.24. The quantitative estimate of drug-likeness (QED) is 0.343. The minimum Gasteiger partial charge on any atom is -0.367 e. The summed E-state index contributed by atoms with van der Waals surface area (Å²) in [6, 6.07) is 6.23. The number of aromatic nitrogens is 7. The monoisotopic (exact) mass is 503 g/mol. The zero-order chi connectivity index (χ0) is 25.8. The molecular formula is C26H30FN9O. The number of halogens is 1. The lowest BCUT2D eigenvalue weighted by Crippen LogP contribution is -2.36. The van der Waals surface area contributed by atoms with Crippen molar-refractivity contribution in [3.63, 3.8) is 0 Å². The predicted molar refractivity (Wildman–Crippen MR) is 138 cm³/mol. The summed E-state index contributed by atoms with van der Waals surface area (Å²) in [5.41, 5.74) is 2.64. The normalized spacial score (nSPS) is 14.9. The number of anilines is 1. The number of nitrogens with one attached hydrogen (secondary N) is 1. The summed E-state index contributed by atoms with van der Waals surface area (Å²) in [5.74, 6) is 0.944. The van der Waals surface area contributed by atoms with Crippen molar-refractivity contribution < 1.29 is 9.18 Å². The average Bonchev–Trinajstić information content (AvgIpc) is 3.39. The van der Waals surface area contributed by atoms with Crippen molar-refractivity contribution >= 4 is 22.5 Å². The van der Waals surface area contributed by atoms with Crippen LogP contribution in [-0.4, -0.2) is 78.0 Å². The minimum absolute atomic E-state index is 0.0292. The fourth-order valence-electron chi connectivity index (χ4n) is 4.52. The van der Waals surface area contributed by atoms with Crippen LogP contribution in [0, 0.1) is 0 Å². The van der Waals surface area contributed by atoms with Gasteiger partial charge in [-0.05, 0) is 32.8 Å². The summed E-state index contributed by atoms with van der Waals surface area (Å²) in [6.45, 7) is 5.86. The zero-order valence-electron chi connectivity index (χ0n) is 21.0. The van der Waals surface area contributed by atoms with Crippen LogP contribution in [-0.2, 0) is 6.42 Å². The molecule has 4 heterocycles. The fourth-order valence-corrected chi connectivity index (χ4v) is 4.52. The minimum atomic E-state index is -0.331. The van der Waals surface area contributed by atoms with E-state index in [4.69, 9.17) is 0 Å².